The van der Waals surface area contributed by atoms with Crippen molar-refractivity contribution in [2.24, 2.45) is 0 Å². The summed E-state index contributed by atoms with van der Waals surface area (Å²) < 4.78 is 31.3. The number of carbonyl (C=O) groups is 1. The maximum atomic E-state index is 13.5. The molecule has 0 aliphatic carbocycles. The van der Waals surface area contributed by atoms with Crippen LogP contribution in [0.4, 0.5) is 8.78 Å². The van der Waals surface area contributed by atoms with Crippen LogP contribution in [-0.4, -0.2) is 22.8 Å². The topological polar surface area (TPSA) is 83.0 Å². The maximum Gasteiger partial charge on any atom is 0.394 e. The predicted molar refractivity (Wildman–Crippen MR) is 64.0 cm³/mol. The monoisotopic (exact) mass is 288 g/mol. The van der Waals surface area contributed by atoms with Gasteiger partial charge < -0.3 is 9.72 Å². The molecule has 0 aliphatic heterocycles. The van der Waals surface area contributed by atoms with Crippen LogP contribution in [0.25, 0.3) is 0 Å². The Kier molecular flexibility index (Phi) is 4.67. The number of nitrogens with zero attached hydrogens (tertiary/aromatic N) is 1. The number of aromatic nitrogens is 1. The maximum absolute atomic E-state index is 13.5. The van der Waals surface area contributed by atoms with Crippen molar-refractivity contribution in [3.63, 3.8) is 0 Å². The number of hydrogen-bond acceptors (Lipinski definition) is 5. The lowest BCUT2D eigenvalue weighted by Crippen LogP contribution is -2.27. The number of ether oxygens (including phenoxy) is 1. The highest BCUT2D eigenvalue weighted by Crippen LogP contribution is 2.37. The lowest BCUT2D eigenvalue weighted by atomic mass is 10.2. The van der Waals surface area contributed by atoms with Crippen LogP contribution in [0, 0.1) is 18.3 Å². The summed E-state index contributed by atoms with van der Waals surface area (Å²) in [5.74, 6) is -1.72. The average molecular weight is 288 g/mol. The lowest BCUT2D eigenvalue weighted by molar-refractivity contribution is -0.159. The summed E-state index contributed by atoms with van der Waals surface area (Å²) in [5, 5.41) is 4.65. The SMILES string of the molecule is CCOC(=O)C(F)(F)Sc1[nH]c(=O)cc(C)c1C#N. The smallest absolute Gasteiger partial charge is 0.394 e. The molecule has 0 aliphatic rings. The zero-order valence-corrected chi connectivity index (χ0v) is 10.9. The van der Waals surface area contributed by atoms with E-state index in [1.54, 1.807) is 6.07 Å². The number of thioether (sulfide) groups is 1. The van der Waals surface area contributed by atoms with E-state index in [0.717, 1.165) is 6.07 Å². The van der Waals surface area contributed by atoms with E-state index in [-0.39, 0.29) is 34.5 Å². The summed E-state index contributed by atoms with van der Waals surface area (Å²) >= 11 is -0.212. The van der Waals surface area contributed by atoms with Crippen LogP contribution in [0.2, 0.25) is 0 Å². The molecule has 0 bridgehead atoms. The summed E-state index contributed by atoms with van der Waals surface area (Å²) in [4.78, 5) is 24.4. The second-order valence-electron chi connectivity index (χ2n) is 3.47. The minimum atomic E-state index is -3.88. The zero-order chi connectivity index (χ0) is 14.6. The molecule has 0 fully saturated rings. The Hall–Kier alpha value is -1.88. The summed E-state index contributed by atoms with van der Waals surface area (Å²) in [7, 11) is 0. The summed E-state index contributed by atoms with van der Waals surface area (Å²) in [6, 6.07) is 2.82. The number of aryl methyl sites for hydroxylation is 1. The van der Waals surface area contributed by atoms with E-state index in [9.17, 15) is 18.4 Å². The van der Waals surface area contributed by atoms with Gasteiger partial charge in [0.05, 0.1) is 17.2 Å². The molecule has 1 aromatic rings. The third-order valence-corrected chi connectivity index (χ3v) is 2.99. The molecule has 0 spiro atoms. The van der Waals surface area contributed by atoms with Crippen LogP contribution >= 0.6 is 11.8 Å². The number of hydrogen-bond donors (Lipinski definition) is 1. The van der Waals surface area contributed by atoms with Gasteiger partial charge in [0.15, 0.2) is 0 Å². The highest BCUT2D eigenvalue weighted by molar-refractivity contribution is 8.01. The van der Waals surface area contributed by atoms with Gasteiger partial charge in [0.1, 0.15) is 6.07 Å². The van der Waals surface area contributed by atoms with Gasteiger partial charge in [0.2, 0.25) is 5.56 Å². The van der Waals surface area contributed by atoms with Crippen molar-refractivity contribution in [1.29, 1.82) is 5.26 Å². The van der Waals surface area contributed by atoms with E-state index in [0.29, 0.717) is 0 Å². The van der Waals surface area contributed by atoms with Crippen molar-refractivity contribution in [3.8, 4) is 6.07 Å². The number of H-pyrrole nitrogens is 1. The van der Waals surface area contributed by atoms with E-state index in [1.165, 1.54) is 13.8 Å². The average Bonchev–Trinajstić information content (AvgIpc) is 2.28. The van der Waals surface area contributed by atoms with Gasteiger partial charge in [0, 0.05) is 6.07 Å². The Bertz CT molecular complexity index is 593. The largest absolute Gasteiger partial charge is 0.461 e. The van der Waals surface area contributed by atoms with Crippen molar-refractivity contribution >= 4 is 17.7 Å². The van der Waals surface area contributed by atoms with Crippen LogP contribution in [-0.2, 0) is 9.53 Å². The van der Waals surface area contributed by atoms with E-state index in [1.807, 2.05) is 0 Å². The van der Waals surface area contributed by atoms with Gasteiger partial charge in [-0.1, -0.05) is 0 Å². The number of pyridine rings is 1. The van der Waals surface area contributed by atoms with Gasteiger partial charge in [-0.25, -0.2) is 4.79 Å². The Morgan fingerprint density at radius 3 is 2.79 bits per heavy atom. The van der Waals surface area contributed by atoms with Gasteiger partial charge in [0.25, 0.3) is 0 Å². The molecule has 0 saturated carbocycles. The molecule has 0 saturated heterocycles. The van der Waals surface area contributed by atoms with Crippen LogP contribution in [0.15, 0.2) is 15.9 Å². The molecule has 1 heterocycles. The zero-order valence-electron chi connectivity index (χ0n) is 10.1. The third kappa shape index (κ3) is 3.54. The fourth-order valence-corrected chi connectivity index (χ4v) is 2.12. The Morgan fingerprint density at radius 2 is 2.26 bits per heavy atom. The van der Waals surface area contributed by atoms with Gasteiger partial charge in [-0.2, -0.15) is 14.0 Å². The molecule has 8 heteroatoms. The third-order valence-electron chi connectivity index (χ3n) is 2.06. The van der Waals surface area contributed by atoms with Crippen molar-refractivity contribution in [2.45, 2.75) is 24.1 Å². The van der Waals surface area contributed by atoms with Crippen LogP contribution in [0.3, 0.4) is 0 Å². The normalized spacial score (nSPS) is 10.9. The first kappa shape index (κ1) is 15.2. The van der Waals surface area contributed by atoms with Gasteiger partial charge in [-0.3, -0.25) is 4.79 Å². The van der Waals surface area contributed by atoms with E-state index >= 15 is 0 Å². The van der Waals surface area contributed by atoms with Crippen molar-refractivity contribution in [3.05, 3.63) is 27.5 Å². The predicted octanol–water partition coefficient (Wildman–Crippen LogP) is 1.80. The first-order valence-corrected chi connectivity index (χ1v) is 6.01. The first-order chi connectivity index (χ1) is 8.81. The number of nitrogens with one attached hydrogen (secondary N) is 1. The number of esters is 1. The molecule has 1 aromatic heterocycles. The molecular formula is C11H10F2N2O3S. The number of carbonyl (C=O) groups excluding carboxylic acids is 1. The molecular weight excluding hydrogens is 278 g/mol. The number of aromatic amines is 1. The summed E-state index contributed by atoms with van der Waals surface area (Å²) in [6.07, 6.45) is 0. The number of rotatable bonds is 4. The minimum Gasteiger partial charge on any atom is -0.461 e. The van der Waals surface area contributed by atoms with Crippen LogP contribution in [0.5, 0.6) is 0 Å². The minimum absolute atomic E-state index is 0.103. The van der Waals surface area contributed by atoms with E-state index < -0.39 is 16.8 Å². The van der Waals surface area contributed by atoms with Crippen molar-refractivity contribution in [1.82, 2.24) is 4.98 Å². The van der Waals surface area contributed by atoms with Gasteiger partial charge in [-0.15, -0.1) is 0 Å². The molecule has 5 nitrogen and oxygen atoms in total. The van der Waals surface area contributed by atoms with Crippen LogP contribution in [0.1, 0.15) is 18.1 Å². The summed E-state index contributed by atoms with van der Waals surface area (Å²) in [6.45, 7) is 2.65. The van der Waals surface area contributed by atoms with E-state index in [4.69, 9.17) is 5.26 Å². The molecule has 1 N–H and O–H groups in total. The molecule has 1 rings (SSSR count). The number of halogens is 2. The second kappa shape index (κ2) is 5.84. The van der Waals surface area contributed by atoms with Gasteiger partial charge in [-0.05, 0) is 31.2 Å². The Balaban J connectivity index is 3.16. The Morgan fingerprint density at radius 1 is 1.63 bits per heavy atom. The summed E-state index contributed by atoms with van der Waals surface area (Å²) in [5.41, 5.74) is -0.472. The number of alkyl halides is 2. The molecule has 19 heavy (non-hydrogen) atoms. The van der Waals surface area contributed by atoms with Crippen LogP contribution < -0.4 is 5.56 Å². The second-order valence-corrected chi connectivity index (χ2v) is 4.60. The molecule has 0 amide bonds. The number of nitriles is 1. The lowest BCUT2D eigenvalue weighted by Gasteiger charge is -2.14. The van der Waals surface area contributed by atoms with Crippen molar-refractivity contribution < 1.29 is 18.3 Å². The first-order valence-electron chi connectivity index (χ1n) is 5.20. The fraction of sp³-hybridized carbons (Fsp3) is 0.364. The molecule has 0 radical (unpaired) electrons. The molecule has 102 valence electrons. The Labute approximate surface area is 111 Å². The standard InChI is InChI=1S/C11H10F2N2O3S/c1-3-18-10(17)11(12,13)19-9-7(5-14)6(2)4-8(16)15-9/h4H,3H2,1-2H3,(H,15,16). The fourth-order valence-electron chi connectivity index (χ4n) is 1.26. The van der Waals surface area contributed by atoms with Crippen molar-refractivity contribution in [2.75, 3.05) is 6.61 Å². The van der Waals surface area contributed by atoms with E-state index in [2.05, 4.69) is 9.72 Å². The molecule has 0 aromatic carbocycles. The highest BCUT2D eigenvalue weighted by atomic mass is 32.2. The molecule has 0 atom stereocenters. The van der Waals surface area contributed by atoms with Gasteiger partial charge >= 0.3 is 11.2 Å². The molecule has 0 unspecified atom stereocenters. The highest BCUT2D eigenvalue weighted by Gasteiger charge is 2.43. The quantitative estimate of drug-likeness (QED) is 0.674.